The van der Waals surface area contributed by atoms with Gasteiger partial charge in [-0.25, -0.2) is 0 Å². The predicted molar refractivity (Wildman–Crippen MR) is 87.3 cm³/mol. The first-order chi connectivity index (χ1) is 10.4. The van der Waals surface area contributed by atoms with Crippen molar-refractivity contribution in [3.63, 3.8) is 0 Å². The van der Waals surface area contributed by atoms with Crippen LogP contribution in [0.2, 0.25) is 0 Å². The molecule has 2 heteroatoms. The molecule has 2 nitrogen and oxygen atoms in total. The first-order valence-electron chi connectivity index (χ1n) is 7.50. The van der Waals surface area contributed by atoms with Crippen molar-refractivity contribution >= 4 is 10.8 Å². The fourth-order valence-corrected chi connectivity index (χ4v) is 3.54. The second kappa shape index (κ2) is 4.97. The molecule has 1 N–H and O–H groups in total. The zero-order valence-corrected chi connectivity index (χ0v) is 12.1. The zero-order valence-electron chi connectivity index (χ0n) is 12.1. The molecule has 1 aliphatic rings. The van der Waals surface area contributed by atoms with Gasteiger partial charge in [0.1, 0.15) is 0 Å². The first kappa shape index (κ1) is 12.5. The molecule has 0 aliphatic heterocycles. The van der Waals surface area contributed by atoms with Gasteiger partial charge in [0, 0.05) is 29.4 Å². The Morgan fingerprint density at radius 2 is 1.90 bits per heavy atom. The molecule has 3 aromatic rings. The molecule has 0 bridgehead atoms. The molecule has 0 fully saturated rings. The van der Waals surface area contributed by atoms with E-state index < -0.39 is 0 Å². The fraction of sp³-hybridized carbons (Fsp3) is 0.211. The summed E-state index contributed by atoms with van der Waals surface area (Å²) in [7, 11) is 2.05. The summed E-state index contributed by atoms with van der Waals surface area (Å²) in [5.74, 6) is 0. The lowest BCUT2D eigenvalue weighted by atomic mass is 9.94. The van der Waals surface area contributed by atoms with Gasteiger partial charge in [0.25, 0.3) is 0 Å². The van der Waals surface area contributed by atoms with Crippen molar-refractivity contribution in [1.82, 2.24) is 10.3 Å². The third kappa shape index (κ3) is 1.95. The maximum Gasteiger partial charge on any atom is 0.0352 e. The molecule has 21 heavy (non-hydrogen) atoms. The average molecular weight is 274 g/mol. The molecule has 0 radical (unpaired) electrons. The number of hydrogen-bond acceptors (Lipinski definition) is 2. The Labute approximate surface area is 124 Å². The maximum absolute atomic E-state index is 4.44. The molecule has 104 valence electrons. The lowest BCUT2D eigenvalue weighted by Gasteiger charge is -2.13. The number of nitrogens with zero attached hydrogens (tertiary/aromatic N) is 1. The zero-order chi connectivity index (χ0) is 14.2. The van der Waals surface area contributed by atoms with Gasteiger partial charge in [-0.3, -0.25) is 4.98 Å². The van der Waals surface area contributed by atoms with Gasteiger partial charge >= 0.3 is 0 Å². The Bertz CT molecular complexity index is 802. The van der Waals surface area contributed by atoms with Crippen molar-refractivity contribution in [2.45, 2.75) is 18.9 Å². The highest BCUT2D eigenvalue weighted by Crippen LogP contribution is 2.39. The third-order valence-corrected chi connectivity index (χ3v) is 4.58. The summed E-state index contributed by atoms with van der Waals surface area (Å²) in [5, 5.41) is 5.91. The van der Waals surface area contributed by atoms with Crippen molar-refractivity contribution in [2.24, 2.45) is 0 Å². The quantitative estimate of drug-likeness (QED) is 0.760. The van der Waals surface area contributed by atoms with E-state index in [4.69, 9.17) is 0 Å². The minimum absolute atomic E-state index is 0.489. The van der Waals surface area contributed by atoms with Crippen LogP contribution >= 0.6 is 0 Å². The Balaban J connectivity index is 1.97. The third-order valence-electron chi connectivity index (χ3n) is 4.58. The van der Waals surface area contributed by atoms with E-state index in [1.54, 1.807) is 0 Å². The van der Waals surface area contributed by atoms with Gasteiger partial charge in [-0.05, 0) is 42.0 Å². The van der Waals surface area contributed by atoms with Gasteiger partial charge in [0.15, 0.2) is 0 Å². The van der Waals surface area contributed by atoms with E-state index in [1.165, 1.54) is 39.4 Å². The first-order valence-corrected chi connectivity index (χ1v) is 7.50. The van der Waals surface area contributed by atoms with Gasteiger partial charge in [-0.1, -0.05) is 42.5 Å². The highest BCUT2D eigenvalue weighted by Gasteiger charge is 2.23. The van der Waals surface area contributed by atoms with Crippen molar-refractivity contribution in [1.29, 1.82) is 0 Å². The Morgan fingerprint density at radius 3 is 2.81 bits per heavy atom. The Hall–Kier alpha value is -2.19. The summed E-state index contributed by atoms with van der Waals surface area (Å²) in [6, 6.07) is 15.6. The van der Waals surface area contributed by atoms with Gasteiger partial charge in [-0.15, -0.1) is 0 Å². The number of pyridine rings is 1. The second-order valence-corrected chi connectivity index (χ2v) is 5.66. The number of hydrogen-bond donors (Lipinski definition) is 1. The van der Waals surface area contributed by atoms with Gasteiger partial charge < -0.3 is 5.32 Å². The van der Waals surface area contributed by atoms with Crippen molar-refractivity contribution in [3.8, 4) is 11.1 Å². The summed E-state index contributed by atoms with van der Waals surface area (Å²) in [4.78, 5) is 4.44. The van der Waals surface area contributed by atoms with Crippen molar-refractivity contribution in [2.75, 3.05) is 7.05 Å². The van der Waals surface area contributed by atoms with E-state index in [0.29, 0.717) is 6.04 Å². The lowest BCUT2D eigenvalue weighted by Crippen LogP contribution is -2.12. The number of fused-ring (bicyclic) bond motifs is 2. The highest BCUT2D eigenvalue weighted by atomic mass is 14.9. The van der Waals surface area contributed by atoms with Crippen molar-refractivity contribution in [3.05, 3.63) is 66.0 Å². The molecular formula is C19H18N2. The minimum Gasteiger partial charge on any atom is -0.313 e. The van der Waals surface area contributed by atoms with E-state index in [-0.39, 0.29) is 0 Å². The van der Waals surface area contributed by atoms with Crippen LogP contribution in [0.1, 0.15) is 23.6 Å². The standard InChI is InChI=1S/C19H18N2/c1-20-19-10-9-16-15(7-4-8-17(16)19)18-12-21-11-13-5-2-3-6-14(13)18/h2-8,11-12,19-20H,9-10H2,1H3. The molecule has 1 heterocycles. The molecule has 1 aromatic heterocycles. The normalized spacial score (nSPS) is 17.1. The van der Waals surface area contributed by atoms with E-state index in [0.717, 1.165) is 6.42 Å². The van der Waals surface area contributed by atoms with Gasteiger partial charge in [0.2, 0.25) is 0 Å². The second-order valence-electron chi connectivity index (χ2n) is 5.66. The van der Waals surface area contributed by atoms with Crippen LogP contribution in [0.4, 0.5) is 0 Å². The molecule has 2 aromatic carbocycles. The summed E-state index contributed by atoms with van der Waals surface area (Å²) in [5.41, 5.74) is 5.52. The van der Waals surface area contributed by atoms with Crippen LogP contribution in [0.3, 0.4) is 0 Å². The molecule has 1 unspecified atom stereocenters. The van der Waals surface area contributed by atoms with E-state index in [2.05, 4.69) is 52.8 Å². The van der Waals surface area contributed by atoms with E-state index in [9.17, 15) is 0 Å². The van der Waals surface area contributed by atoms with E-state index >= 15 is 0 Å². The molecule has 4 rings (SSSR count). The number of rotatable bonds is 2. The summed E-state index contributed by atoms with van der Waals surface area (Å²) in [6.07, 6.45) is 6.27. The minimum atomic E-state index is 0.489. The molecule has 0 spiro atoms. The summed E-state index contributed by atoms with van der Waals surface area (Å²) in [6.45, 7) is 0. The van der Waals surface area contributed by atoms with Gasteiger partial charge in [-0.2, -0.15) is 0 Å². The van der Waals surface area contributed by atoms with Gasteiger partial charge in [0.05, 0.1) is 0 Å². The van der Waals surface area contributed by atoms with Crippen LogP contribution in [0.15, 0.2) is 54.9 Å². The molecule has 1 atom stereocenters. The monoisotopic (exact) mass is 274 g/mol. The maximum atomic E-state index is 4.44. The van der Waals surface area contributed by atoms with Crippen LogP contribution in [-0.2, 0) is 6.42 Å². The van der Waals surface area contributed by atoms with Crippen LogP contribution in [-0.4, -0.2) is 12.0 Å². The average Bonchev–Trinajstić information content (AvgIpc) is 2.97. The van der Waals surface area contributed by atoms with Crippen LogP contribution in [0.25, 0.3) is 21.9 Å². The molecular weight excluding hydrogens is 256 g/mol. The molecule has 0 amide bonds. The summed E-state index contributed by atoms with van der Waals surface area (Å²) < 4.78 is 0. The Morgan fingerprint density at radius 1 is 1.00 bits per heavy atom. The molecule has 0 saturated carbocycles. The van der Waals surface area contributed by atoms with Crippen molar-refractivity contribution < 1.29 is 0 Å². The lowest BCUT2D eigenvalue weighted by molar-refractivity contribution is 0.590. The topological polar surface area (TPSA) is 24.9 Å². The van der Waals surface area contributed by atoms with E-state index in [1.807, 2.05) is 19.4 Å². The number of benzene rings is 2. The smallest absolute Gasteiger partial charge is 0.0352 e. The summed E-state index contributed by atoms with van der Waals surface area (Å²) >= 11 is 0. The SMILES string of the molecule is CNC1CCc2c(-c3cncc4ccccc34)cccc21. The Kier molecular flexibility index (Phi) is 2.97. The number of nitrogens with one attached hydrogen (secondary N) is 1. The molecule has 1 aliphatic carbocycles. The number of aromatic nitrogens is 1. The van der Waals surface area contributed by atoms with Crippen LogP contribution in [0, 0.1) is 0 Å². The van der Waals surface area contributed by atoms with Crippen LogP contribution < -0.4 is 5.32 Å². The fourth-order valence-electron chi connectivity index (χ4n) is 3.54. The van der Waals surface area contributed by atoms with Crippen LogP contribution in [0.5, 0.6) is 0 Å². The largest absolute Gasteiger partial charge is 0.313 e. The highest BCUT2D eigenvalue weighted by molar-refractivity contribution is 5.96. The molecule has 0 saturated heterocycles. The predicted octanol–water partition coefficient (Wildman–Crippen LogP) is 4.11.